The maximum Gasteiger partial charge on any atom is 0.205 e. The summed E-state index contributed by atoms with van der Waals surface area (Å²) < 4.78 is 13.7. The summed E-state index contributed by atoms with van der Waals surface area (Å²) in [5.74, 6) is 0.105. The number of halogens is 1. The lowest BCUT2D eigenvalue weighted by Gasteiger charge is -2.06. The summed E-state index contributed by atoms with van der Waals surface area (Å²) in [6.07, 6.45) is 0.0277. The highest BCUT2D eigenvalue weighted by molar-refractivity contribution is 6.00. The van der Waals surface area contributed by atoms with Gasteiger partial charge in [0.2, 0.25) is 6.23 Å². The summed E-state index contributed by atoms with van der Waals surface area (Å²) in [5, 5.41) is 0. The monoisotopic (exact) mass is 270 g/mol. The van der Waals surface area contributed by atoms with Gasteiger partial charge in [-0.25, -0.2) is 19.7 Å². The first-order valence-electron chi connectivity index (χ1n) is 6.07. The van der Waals surface area contributed by atoms with E-state index in [2.05, 4.69) is 10.5 Å². The van der Waals surface area contributed by atoms with Crippen molar-refractivity contribution in [1.82, 2.24) is 5.48 Å². The third-order valence-electron chi connectivity index (χ3n) is 2.98. The molecule has 1 atom stereocenters. The number of aliphatic imine (C=N–C) groups is 1. The van der Waals surface area contributed by atoms with E-state index in [0.717, 1.165) is 6.29 Å². The lowest BCUT2D eigenvalue weighted by Crippen LogP contribution is -2.18. The van der Waals surface area contributed by atoms with Crippen molar-refractivity contribution in [3.05, 3.63) is 71.0 Å². The van der Waals surface area contributed by atoms with E-state index in [9.17, 15) is 9.18 Å². The van der Waals surface area contributed by atoms with Crippen molar-refractivity contribution in [2.24, 2.45) is 4.99 Å². The molecule has 1 heterocycles. The Kier molecular flexibility index (Phi) is 3.26. The van der Waals surface area contributed by atoms with Crippen molar-refractivity contribution in [2.45, 2.75) is 6.23 Å². The largest absolute Gasteiger partial charge is 0.298 e. The lowest BCUT2D eigenvalue weighted by molar-refractivity contribution is 0.0355. The Morgan fingerprint density at radius 3 is 2.85 bits per heavy atom. The minimum absolute atomic E-state index is 0.363. The molecule has 0 saturated carbocycles. The van der Waals surface area contributed by atoms with E-state index in [0.29, 0.717) is 22.5 Å². The van der Waals surface area contributed by atoms with Gasteiger partial charge < -0.3 is 0 Å². The summed E-state index contributed by atoms with van der Waals surface area (Å²) in [6.45, 7) is 0. The first-order valence-corrected chi connectivity index (χ1v) is 6.07. The summed E-state index contributed by atoms with van der Waals surface area (Å²) in [6, 6.07) is 13.2. The summed E-state index contributed by atoms with van der Waals surface area (Å²) in [4.78, 5) is 20.3. The predicted octanol–water partition coefficient (Wildman–Crippen LogP) is 2.62. The predicted molar refractivity (Wildman–Crippen MR) is 71.7 cm³/mol. The number of nitrogens with one attached hydrogen (secondary N) is 1. The summed E-state index contributed by atoms with van der Waals surface area (Å²) in [7, 11) is 0. The van der Waals surface area contributed by atoms with Gasteiger partial charge in [0.05, 0.1) is 0 Å². The highest BCUT2D eigenvalue weighted by Gasteiger charge is 2.23. The fourth-order valence-corrected chi connectivity index (χ4v) is 1.98. The van der Waals surface area contributed by atoms with Crippen molar-refractivity contribution in [3.8, 4) is 0 Å². The molecule has 0 saturated heterocycles. The molecule has 5 heteroatoms. The van der Waals surface area contributed by atoms with E-state index in [4.69, 9.17) is 4.84 Å². The number of hydrogen-bond donors (Lipinski definition) is 1. The lowest BCUT2D eigenvalue weighted by atomic mass is 10.1. The topological polar surface area (TPSA) is 50.7 Å². The Morgan fingerprint density at radius 1 is 1.20 bits per heavy atom. The van der Waals surface area contributed by atoms with Gasteiger partial charge in [0.25, 0.3) is 0 Å². The zero-order valence-corrected chi connectivity index (χ0v) is 10.4. The maximum absolute atomic E-state index is 13.7. The van der Waals surface area contributed by atoms with Gasteiger partial charge in [0.1, 0.15) is 12.1 Å². The molecule has 1 aliphatic heterocycles. The molecule has 4 nitrogen and oxygen atoms in total. The molecule has 0 spiro atoms. The van der Waals surface area contributed by atoms with E-state index < -0.39 is 6.23 Å². The summed E-state index contributed by atoms with van der Waals surface area (Å²) in [5.41, 5.74) is 4.29. The summed E-state index contributed by atoms with van der Waals surface area (Å²) >= 11 is 0. The van der Waals surface area contributed by atoms with Gasteiger partial charge in [-0.3, -0.25) is 4.79 Å². The highest BCUT2D eigenvalue weighted by Crippen LogP contribution is 2.25. The van der Waals surface area contributed by atoms with E-state index >= 15 is 0 Å². The Morgan fingerprint density at radius 2 is 2.05 bits per heavy atom. The molecule has 20 heavy (non-hydrogen) atoms. The second-order valence-corrected chi connectivity index (χ2v) is 4.31. The number of nitrogens with zero attached hydrogens (tertiary/aromatic N) is 1. The van der Waals surface area contributed by atoms with E-state index in [-0.39, 0.29) is 5.82 Å². The molecule has 2 aromatic carbocycles. The number of carbonyl (C=O) groups is 1. The fourth-order valence-electron chi connectivity index (χ4n) is 1.98. The maximum atomic E-state index is 13.7. The molecule has 1 N–H and O–H groups in total. The van der Waals surface area contributed by atoms with Crippen LogP contribution < -0.4 is 5.48 Å². The molecule has 1 unspecified atom stereocenters. The van der Waals surface area contributed by atoms with Gasteiger partial charge in [-0.15, -0.1) is 0 Å². The van der Waals surface area contributed by atoms with Crippen LogP contribution in [-0.2, 0) is 4.84 Å². The molecule has 0 aromatic heterocycles. The SMILES string of the molecule is O=Cc1cccc(C2=NC(c3ccccc3F)ON2)c1. The van der Waals surface area contributed by atoms with Crippen LogP contribution in [0.15, 0.2) is 53.5 Å². The second kappa shape index (κ2) is 5.22. The average molecular weight is 270 g/mol. The number of amidine groups is 1. The molecule has 100 valence electrons. The van der Waals surface area contributed by atoms with Crippen molar-refractivity contribution in [2.75, 3.05) is 0 Å². The van der Waals surface area contributed by atoms with Crippen LogP contribution in [0, 0.1) is 5.82 Å². The van der Waals surface area contributed by atoms with Gasteiger partial charge in [0, 0.05) is 16.7 Å². The van der Waals surface area contributed by atoms with Gasteiger partial charge in [-0.05, 0) is 12.1 Å². The molecule has 1 aliphatic rings. The van der Waals surface area contributed by atoms with Crippen LogP contribution in [0.2, 0.25) is 0 Å². The fraction of sp³-hybridized carbons (Fsp3) is 0.0667. The van der Waals surface area contributed by atoms with E-state index in [1.807, 2.05) is 0 Å². The van der Waals surface area contributed by atoms with E-state index in [1.54, 1.807) is 42.5 Å². The van der Waals surface area contributed by atoms with Crippen molar-refractivity contribution < 1.29 is 14.0 Å². The molecule has 2 aromatic rings. The molecule has 3 rings (SSSR count). The third-order valence-corrected chi connectivity index (χ3v) is 2.98. The molecule has 0 bridgehead atoms. The number of aldehydes is 1. The van der Waals surface area contributed by atoms with Crippen LogP contribution in [-0.4, -0.2) is 12.1 Å². The number of rotatable bonds is 3. The van der Waals surface area contributed by atoms with Crippen LogP contribution in [0.25, 0.3) is 0 Å². The first-order chi connectivity index (χ1) is 9.78. The zero-order chi connectivity index (χ0) is 13.9. The Labute approximate surface area is 114 Å². The van der Waals surface area contributed by atoms with Crippen LogP contribution in [0.4, 0.5) is 4.39 Å². The van der Waals surface area contributed by atoms with Crippen LogP contribution >= 0.6 is 0 Å². The molecule has 0 aliphatic carbocycles. The van der Waals surface area contributed by atoms with Crippen molar-refractivity contribution in [1.29, 1.82) is 0 Å². The van der Waals surface area contributed by atoms with Gasteiger partial charge >= 0.3 is 0 Å². The minimum atomic E-state index is -0.730. The molecule has 0 amide bonds. The molecular formula is C15H11FN2O2. The molecule has 0 radical (unpaired) electrons. The van der Waals surface area contributed by atoms with Crippen LogP contribution in [0.1, 0.15) is 27.7 Å². The third kappa shape index (κ3) is 2.31. The normalized spacial score (nSPS) is 17.4. The zero-order valence-electron chi connectivity index (χ0n) is 10.4. The smallest absolute Gasteiger partial charge is 0.205 e. The second-order valence-electron chi connectivity index (χ2n) is 4.31. The number of hydrogen-bond acceptors (Lipinski definition) is 4. The number of carbonyl (C=O) groups excluding carboxylic acids is 1. The van der Waals surface area contributed by atoms with Crippen molar-refractivity contribution >= 4 is 12.1 Å². The highest BCUT2D eigenvalue weighted by atomic mass is 19.1. The van der Waals surface area contributed by atoms with Gasteiger partial charge in [-0.2, -0.15) is 0 Å². The standard InChI is InChI=1S/C15H11FN2O2/c16-13-7-2-1-6-12(13)15-17-14(18-20-15)11-5-3-4-10(8-11)9-19/h1-9,15H,(H,17,18). The quantitative estimate of drug-likeness (QED) is 0.872. The van der Waals surface area contributed by atoms with Crippen LogP contribution in [0.3, 0.4) is 0 Å². The Hall–Kier alpha value is -2.53. The number of benzene rings is 2. The first kappa shape index (κ1) is 12.5. The van der Waals surface area contributed by atoms with Gasteiger partial charge in [-0.1, -0.05) is 36.4 Å². The average Bonchev–Trinajstić information content (AvgIpc) is 2.97. The number of hydroxylamine groups is 1. The van der Waals surface area contributed by atoms with Gasteiger partial charge in [0.15, 0.2) is 5.84 Å². The Balaban J connectivity index is 1.91. The van der Waals surface area contributed by atoms with Crippen molar-refractivity contribution in [3.63, 3.8) is 0 Å². The van der Waals surface area contributed by atoms with E-state index in [1.165, 1.54) is 6.07 Å². The van der Waals surface area contributed by atoms with Crippen LogP contribution in [0.5, 0.6) is 0 Å². The Bertz CT molecular complexity index is 685. The molecular weight excluding hydrogens is 259 g/mol. The minimum Gasteiger partial charge on any atom is -0.298 e. The molecule has 0 fully saturated rings.